The summed E-state index contributed by atoms with van der Waals surface area (Å²) < 4.78 is 0. The molecule has 0 aliphatic rings. The fraction of sp³-hybridized carbons (Fsp3) is 0. The van der Waals surface area contributed by atoms with Crippen LogP contribution in [0, 0.1) is 10.1 Å². The zero-order valence-electron chi connectivity index (χ0n) is 9.13. The Bertz CT molecular complexity index is 586. The van der Waals surface area contributed by atoms with Crippen LogP contribution in [0.25, 0.3) is 0 Å². The summed E-state index contributed by atoms with van der Waals surface area (Å²) in [5, 5.41) is 13.7. The van der Waals surface area contributed by atoms with Crippen LogP contribution < -0.4 is 11.1 Å². The molecule has 0 bridgehead atoms. The van der Waals surface area contributed by atoms with Gasteiger partial charge in [0.1, 0.15) is 12.0 Å². The number of pyridine rings is 1. The molecule has 0 saturated carbocycles. The molecule has 92 valence electrons. The van der Waals surface area contributed by atoms with Gasteiger partial charge in [0.05, 0.1) is 9.95 Å². The lowest BCUT2D eigenvalue weighted by Gasteiger charge is -2.07. The highest BCUT2D eigenvalue weighted by atomic mass is 35.5. The van der Waals surface area contributed by atoms with Crippen LogP contribution in [0.3, 0.4) is 0 Å². The number of nitrogens with one attached hydrogen (secondary N) is 1. The Morgan fingerprint density at radius 2 is 2.00 bits per heavy atom. The predicted molar refractivity (Wildman–Crippen MR) is 70.0 cm³/mol. The van der Waals surface area contributed by atoms with Gasteiger partial charge in [-0.25, -0.2) is 4.98 Å². The van der Waals surface area contributed by atoms with Crippen molar-refractivity contribution >= 4 is 34.5 Å². The number of rotatable bonds is 3. The third-order valence-corrected chi connectivity index (χ3v) is 2.50. The summed E-state index contributed by atoms with van der Waals surface area (Å²) >= 11 is 5.90. The molecule has 18 heavy (non-hydrogen) atoms. The van der Waals surface area contributed by atoms with Crippen molar-refractivity contribution in [2.24, 2.45) is 0 Å². The van der Waals surface area contributed by atoms with Crippen LogP contribution in [-0.4, -0.2) is 9.91 Å². The first-order chi connectivity index (χ1) is 8.56. The van der Waals surface area contributed by atoms with E-state index in [2.05, 4.69) is 10.3 Å². The van der Waals surface area contributed by atoms with E-state index in [4.69, 9.17) is 17.3 Å². The van der Waals surface area contributed by atoms with Crippen LogP contribution in [0.2, 0.25) is 5.02 Å². The summed E-state index contributed by atoms with van der Waals surface area (Å²) in [6.07, 6.45) is 1.14. The Hall–Kier alpha value is -2.34. The number of halogens is 1. The molecular weight excluding hydrogens is 256 g/mol. The number of nitro groups is 1. The van der Waals surface area contributed by atoms with Gasteiger partial charge < -0.3 is 11.1 Å². The van der Waals surface area contributed by atoms with Crippen LogP contribution in [0.15, 0.2) is 36.5 Å². The number of nitrogens with zero attached hydrogens (tertiary/aromatic N) is 2. The monoisotopic (exact) mass is 264 g/mol. The van der Waals surface area contributed by atoms with Gasteiger partial charge in [-0.2, -0.15) is 0 Å². The smallest absolute Gasteiger partial charge is 0.289 e. The van der Waals surface area contributed by atoms with Crippen LogP contribution in [-0.2, 0) is 0 Å². The van der Waals surface area contributed by atoms with Crippen molar-refractivity contribution in [3.05, 3.63) is 51.7 Å². The van der Waals surface area contributed by atoms with Crippen molar-refractivity contribution in [3.8, 4) is 0 Å². The van der Waals surface area contributed by atoms with E-state index in [9.17, 15) is 10.1 Å². The highest BCUT2D eigenvalue weighted by molar-refractivity contribution is 6.33. The second-order valence-corrected chi connectivity index (χ2v) is 3.94. The van der Waals surface area contributed by atoms with Gasteiger partial charge in [-0.15, -0.1) is 0 Å². The molecule has 0 amide bonds. The van der Waals surface area contributed by atoms with Gasteiger partial charge >= 0.3 is 0 Å². The molecule has 0 fully saturated rings. The maximum Gasteiger partial charge on any atom is 0.289 e. The average molecular weight is 265 g/mol. The van der Waals surface area contributed by atoms with Crippen molar-refractivity contribution in [2.45, 2.75) is 0 Å². The van der Waals surface area contributed by atoms with Crippen LogP contribution >= 0.6 is 11.6 Å². The highest BCUT2D eigenvalue weighted by Crippen LogP contribution is 2.26. The molecule has 0 aliphatic carbocycles. The number of nitrogens with two attached hydrogens (primary N) is 1. The summed E-state index contributed by atoms with van der Waals surface area (Å²) in [7, 11) is 0. The minimum Gasteiger partial charge on any atom is -0.399 e. The largest absolute Gasteiger partial charge is 0.399 e. The molecule has 1 aromatic carbocycles. The zero-order chi connectivity index (χ0) is 13.1. The van der Waals surface area contributed by atoms with E-state index in [1.54, 1.807) is 24.3 Å². The standard InChI is InChI=1S/C11H9ClN4O2/c12-10-5-9(16(17)18)6-14-11(10)15-8-3-1-7(13)2-4-8/h1-6H,13H2,(H,14,15). The molecule has 1 aromatic heterocycles. The normalized spacial score (nSPS) is 10.1. The Morgan fingerprint density at radius 1 is 1.33 bits per heavy atom. The molecule has 0 aliphatic heterocycles. The first kappa shape index (κ1) is 12.1. The van der Waals surface area contributed by atoms with Gasteiger partial charge in [-0.3, -0.25) is 10.1 Å². The Balaban J connectivity index is 2.24. The topological polar surface area (TPSA) is 94.1 Å². The summed E-state index contributed by atoms with van der Waals surface area (Å²) in [6.45, 7) is 0. The Morgan fingerprint density at radius 3 is 2.56 bits per heavy atom. The lowest BCUT2D eigenvalue weighted by atomic mass is 10.3. The lowest BCUT2D eigenvalue weighted by Crippen LogP contribution is -1.97. The quantitative estimate of drug-likeness (QED) is 0.505. The van der Waals surface area contributed by atoms with E-state index in [0.717, 1.165) is 11.9 Å². The maximum atomic E-state index is 10.5. The van der Waals surface area contributed by atoms with E-state index in [1.807, 2.05) is 0 Å². The molecule has 0 atom stereocenters. The number of hydrogen-bond acceptors (Lipinski definition) is 5. The summed E-state index contributed by atoms with van der Waals surface area (Å²) in [5.74, 6) is 0.354. The molecule has 0 spiro atoms. The first-order valence-electron chi connectivity index (χ1n) is 4.99. The molecule has 0 saturated heterocycles. The lowest BCUT2D eigenvalue weighted by molar-refractivity contribution is -0.385. The number of hydrogen-bond donors (Lipinski definition) is 2. The van der Waals surface area contributed by atoms with Gasteiger partial charge in [-0.05, 0) is 24.3 Å². The van der Waals surface area contributed by atoms with Crippen molar-refractivity contribution in [1.29, 1.82) is 0 Å². The van der Waals surface area contributed by atoms with Crippen LogP contribution in [0.4, 0.5) is 22.9 Å². The third kappa shape index (κ3) is 2.67. The maximum absolute atomic E-state index is 10.5. The molecule has 2 rings (SSSR count). The fourth-order valence-electron chi connectivity index (χ4n) is 1.32. The van der Waals surface area contributed by atoms with Gasteiger partial charge in [0, 0.05) is 17.4 Å². The Kier molecular flexibility index (Phi) is 3.29. The molecule has 2 aromatic rings. The number of aromatic nitrogens is 1. The molecular formula is C11H9ClN4O2. The number of benzene rings is 1. The van der Waals surface area contributed by atoms with Crippen molar-refractivity contribution in [1.82, 2.24) is 4.98 Å². The fourth-order valence-corrected chi connectivity index (χ4v) is 1.53. The van der Waals surface area contributed by atoms with Gasteiger partial charge in [-0.1, -0.05) is 11.6 Å². The van der Waals surface area contributed by atoms with Crippen molar-refractivity contribution < 1.29 is 4.92 Å². The SMILES string of the molecule is Nc1ccc(Nc2ncc([N+](=O)[O-])cc2Cl)cc1. The van der Waals surface area contributed by atoms with Crippen LogP contribution in [0.1, 0.15) is 0 Å². The second-order valence-electron chi connectivity index (χ2n) is 3.53. The average Bonchev–Trinajstić information content (AvgIpc) is 2.34. The molecule has 3 N–H and O–H groups in total. The van der Waals surface area contributed by atoms with E-state index in [0.29, 0.717) is 11.5 Å². The third-order valence-electron chi connectivity index (χ3n) is 2.21. The molecule has 7 heteroatoms. The highest BCUT2D eigenvalue weighted by Gasteiger charge is 2.10. The first-order valence-corrected chi connectivity index (χ1v) is 5.36. The minimum atomic E-state index is -0.550. The van der Waals surface area contributed by atoms with Gasteiger partial charge in [0.25, 0.3) is 5.69 Å². The number of anilines is 3. The van der Waals surface area contributed by atoms with E-state index in [-0.39, 0.29) is 10.7 Å². The van der Waals surface area contributed by atoms with E-state index < -0.39 is 4.92 Å². The summed E-state index contributed by atoms with van der Waals surface area (Å²) in [6, 6.07) is 8.21. The second kappa shape index (κ2) is 4.89. The summed E-state index contributed by atoms with van der Waals surface area (Å²) in [4.78, 5) is 13.9. The molecule has 1 heterocycles. The predicted octanol–water partition coefficient (Wildman–Crippen LogP) is 2.97. The van der Waals surface area contributed by atoms with E-state index >= 15 is 0 Å². The van der Waals surface area contributed by atoms with E-state index in [1.165, 1.54) is 6.07 Å². The van der Waals surface area contributed by atoms with Crippen LogP contribution in [0.5, 0.6) is 0 Å². The van der Waals surface area contributed by atoms with Gasteiger partial charge in [0.2, 0.25) is 0 Å². The molecule has 0 radical (unpaired) electrons. The minimum absolute atomic E-state index is 0.150. The number of nitrogen functional groups attached to an aromatic ring is 1. The Labute approximate surface area is 108 Å². The summed E-state index contributed by atoms with van der Waals surface area (Å²) in [5.41, 5.74) is 6.79. The zero-order valence-corrected chi connectivity index (χ0v) is 9.89. The molecule has 0 unspecified atom stereocenters. The van der Waals surface area contributed by atoms with Crippen molar-refractivity contribution in [2.75, 3.05) is 11.1 Å². The molecule has 6 nitrogen and oxygen atoms in total. The van der Waals surface area contributed by atoms with Crippen molar-refractivity contribution in [3.63, 3.8) is 0 Å². The van der Waals surface area contributed by atoms with Gasteiger partial charge in [0.15, 0.2) is 0 Å².